The van der Waals surface area contributed by atoms with Gasteiger partial charge in [-0.05, 0) is 19.1 Å². The lowest BCUT2D eigenvalue weighted by atomic mass is 10.2. The van der Waals surface area contributed by atoms with Gasteiger partial charge in [0.15, 0.2) is 10.6 Å². The summed E-state index contributed by atoms with van der Waals surface area (Å²) in [5.74, 6) is 0.695. The Morgan fingerprint density at radius 3 is 2.74 bits per heavy atom. The number of aromatic nitrogens is 3. The van der Waals surface area contributed by atoms with Gasteiger partial charge in [-0.2, -0.15) is 5.10 Å². The molecule has 0 aliphatic carbocycles. The lowest BCUT2D eigenvalue weighted by Crippen LogP contribution is -2.30. The first kappa shape index (κ1) is 13.5. The molecule has 0 aliphatic heterocycles. The maximum absolute atomic E-state index is 12.0. The van der Waals surface area contributed by atoms with E-state index in [-0.39, 0.29) is 12.5 Å². The SMILES string of the molecule is CCN(C)C(=O)Cn1c(-c2ccccc2)n[nH]c1=S. The molecule has 6 heteroatoms. The van der Waals surface area contributed by atoms with Crippen LogP contribution in [0.15, 0.2) is 30.3 Å². The number of hydrogen-bond acceptors (Lipinski definition) is 3. The van der Waals surface area contributed by atoms with Crippen LogP contribution in [-0.2, 0) is 11.3 Å². The number of carbonyl (C=O) groups is 1. The highest BCUT2D eigenvalue weighted by Crippen LogP contribution is 2.16. The van der Waals surface area contributed by atoms with Crippen molar-refractivity contribution in [1.82, 2.24) is 19.7 Å². The molecule has 0 bridgehead atoms. The minimum atomic E-state index is 0.0113. The molecule has 1 N–H and O–H groups in total. The van der Waals surface area contributed by atoms with Gasteiger partial charge in [-0.25, -0.2) is 0 Å². The first-order valence-corrected chi connectivity index (χ1v) is 6.49. The van der Waals surface area contributed by atoms with E-state index >= 15 is 0 Å². The second kappa shape index (κ2) is 5.79. The Morgan fingerprint density at radius 2 is 2.11 bits per heavy atom. The third-order valence-corrected chi connectivity index (χ3v) is 3.30. The van der Waals surface area contributed by atoms with Gasteiger partial charge in [-0.15, -0.1) is 0 Å². The summed E-state index contributed by atoms with van der Waals surface area (Å²) in [6.45, 7) is 2.80. The fourth-order valence-electron chi connectivity index (χ4n) is 1.70. The van der Waals surface area contributed by atoms with Gasteiger partial charge in [0.05, 0.1) is 0 Å². The molecule has 1 aromatic heterocycles. The van der Waals surface area contributed by atoms with Crippen LogP contribution in [0.5, 0.6) is 0 Å². The lowest BCUT2D eigenvalue weighted by molar-refractivity contribution is -0.130. The number of aromatic amines is 1. The quantitative estimate of drug-likeness (QED) is 0.870. The summed E-state index contributed by atoms with van der Waals surface area (Å²) in [6, 6.07) is 9.67. The van der Waals surface area contributed by atoms with Gasteiger partial charge in [0.25, 0.3) is 0 Å². The van der Waals surface area contributed by atoms with Crippen LogP contribution in [0.25, 0.3) is 11.4 Å². The molecule has 1 amide bonds. The molecule has 0 unspecified atom stereocenters. The topological polar surface area (TPSA) is 53.9 Å². The Bertz CT molecular complexity index is 617. The molecule has 0 atom stereocenters. The molecule has 100 valence electrons. The summed E-state index contributed by atoms with van der Waals surface area (Å²) in [6.07, 6.45) is 0. The van der Waals surface area contributed by atoms with E-state index in [1.165, 1.54) is 0 Å². The van der Waals surface area contributed by atoms with Crippen molar-refractivity contribution in [3.8, 4) is 11.4 Å². The van der Waals surface area contributed by atoms with E-state index in [4.69, 9.17) is 12.2 Å². The van der Waals surface area contributed by atoms with Gasteiger partial charge >= 0.3 is 0 Å². The van der Waals surface area contributed by atoms with Crippen LogP contribution in [0.4, 0.5) is 0 Å². The Labute approximate surface area is 116 Å². The number of likely N-dealkylation sites (N-methyl/N-ethyl adjacent to an activating group) is 1. The van der Waals surface area contributed by atoms with Gasteiger partial charge in [-0.3, -0.25) is 14.5 Å². The van der Waals surface area contributed by atoms with E-state index < -0.39 is 0 Å². The normalized spacial score (nSPS) is 10.4. The number of rotatable bonds is 4. The third-order valence-electron chi connectivity index (χ3n) is 2.98. The molecule has 2 rings (SSSR count). The zero-order chi connectivity index (χ0) is 13.8. The van der Waals surface area contributed by atoms with E-state index in [2.05, 4.69) is 10.2 Å². The summed E-state index contributed by atoms with van der Waals surface area (Å²) in [5.41, 5.74) is 0.932. The number of amides is 1. The second-order valence-electron chi connectivity index (χ2n) is 4.21. The molecular weight excluding hydrogens is 260 g/mol. The summed E-state index contributed by atoms with van der Waals surface area (Å²) >= 11 is 5.19. The Morgan fingerprint density at radius 1 is 1.42 bits per heavy atom. The van der Waals surface area contributed by atoms with Crippen molar-refractivity contribution in [3.05, 3.63) is 35.1 Å². The fraction of sp³-hybridized carbons (Fsp3) is 0.308. The van der Waals surface area contributed by atoms with Gasteiger partial charge in [0.1, 0.15) is 6.54 Å². The lowest BCUT2D eigenvalue weighted by Gasteiger charge is -2.15. The average molecular weight is 276 g/mol. The number of benzene rings is 1. The van der Waals surface area contributed by atoms with Crippen molar-refractivity contribution < 1.29 is 4.79 Å². The molecule has 1 heterocycles. The Kier molecular flexibility index (Phi) is 4.11. The van der Waals surface area contributed by atoms with E-state index in [9.17, 15) is 4.79 Å². The standard InChI is InChI=1S/C13H16N4OS/c1-3-16(2)11(18)9-17-12(14-15-13(17)19)10-7-5-4-6-8-10/h4-8H,3,9H2,1-2H3,(H,15,19). The van der Waals surface area contributed by atoms with Crippen molar-refractivity contribution >= 4 is 18.1 Å². The minimum absolute atomic E-state index is 0.0113. The molecule has 0 radical (unpaired) electrons. The summed E-state index contributed by atoms with van der Waals surface area (Å²) in [7, 11) is 1.77. The highest BCUT2D eigenvalue weighted by atomic mass is 32.1. The molecule has 2 aromatic rings. The number of nitrogens with one attached hydrogen (secondary N) is 1. The highest BCUT2D eigenvalue weighted by Gasteiger charge is 2.13. The molecule has 0 fully saturated rings. The second-order valence-corrected chi connectivity index (χ2v) is 4.60. The van der Waals surface area contributed by atoms with Crippen LogP contribution in [0.1, 0.15) is 6.92 Å². The monoisotopic (exact) mass is 276 g/mol. The van der Waals surface area contributed by atoms with Gasteiger partial charge in [0, 0.05) is 19.2 Å². The smallest absolute Gasteiger partial charge is 0.242 e. The maximum atomic E-state index is 12.0. The van der Waals surface area contributed by atoms with Crippen molar-refractivity contribution in [1.29, 1.82) is 0 Å². The van der Waals surface area contributed by atoms with Crippen LogP contribution in [-0.4, -0.2) is 39.2 Å². The molecule has 0 saturated carbocycles. The van der Waals surface area contributed by atoms with E-state index in [0.29, 0.717) is 17.1 Å². The van der Waals surface area contributed by atoms with Crippen molar-refractivity contribution in [2.24, 2.45) is 0 Å². The Balaban J connectivity index is 2.34. The predicted molar refractivity (Wildman–Crippen MR) is 76.2 cm³/mol. The van der Waals surface area contributed by atoms with E-state index in [1.54, 1.807) is 16.5 Å². The molecule has 5 nitrogen and oxygen atoms in total. The van der Waals surface area contributed by atoms with Crippen LogP contribution in [0.3, 0.4) is 0 Å². The summed E-state index contributed by atoms with van der Waals surface area (Å²) < 4.78 is 2.18. The largest absolute Gasteiger partial charge is 0.344 e. The zero-order valence-corrected chi connectivity index (χ0v) is 11.8. The number of hydrogen-bond donors (Lipinski definition) is 1. The van der Waals surface area contributed by atoms with Crippen LogP contribution in [0, 0.1) is 4.77 Å². The van der Waals surface area contributed by atoms with E-state index in [1.807, 2.05) is 37.3 Å². The molecule has 1 aromatic carbocycles. The molecule has 0 saturated heterocycles. The van der Waals surface area contributed by atoms with Gasteiger partial charge in [0.2, 0.25) is 5.91 Å². The molecule has 19 heavy (non-hydrogen) atoms. The van der Waals surface area contributed by atoms with E-state index in [0.717, 1.165) is 5.56 Å². The van der Waals surface area contributed by atoms with Gasteiger partial charge < -0.3 is 4.90 Å². The highest BCUT2D eigenvalue weighted by molar-refractivity contribution is 7.71. The number of H-pyrrole nitrogens is 1. The minimum Gasteiger partial charge on any atom is -0.344 e. The fourth-order valence-corrected chi connectivity index (χ4v) is 1.90. The Hall–Kier alpha value is -1.95. The number of nitrogens with zero attached hydrogens (tertiary/aromatic N) is 3. The van der Waals surface area contributed by atoms with Crippen molar-refractivity contribution in [2.45, 2.75) is 13.5 Å². The summed E-state index contributed by atoms with van der Waals surface area (Å²) in [4.78, 5) is 13.7. The predicted octanol–water partition coefficient (Wildman–Crippen LogP) is 2.09. The summed E-state index contributed by atoms with van der Waals surface area (Å²) in [5, 5.41) is 6.94. The first-order valence-electron chi connectivity index (χ1n) is 6.08. The third kappa shape index (κ3) is 2.90. The zero-order valence-electron chi connectivity index (χ0n) is 11.0. The maximum Gasteiger partial charge on any atom is 0.242 e. The van der Waals surface area contributed by atoms with Crippen molar-refractivity contribution in [3.63, 3.8) is 0 Å². The molecule has 0 spiro atoms. The average Bonchev–Trinajstić information content (AvgIpc) is 2.80. The number of carbonyl (C=O) groups excluding carboxylic acids is 1. The van der Waals surface area contributed by atoms with Crippen molar-refractivity contribution in [2.75, 3.05) is 13.6 Å². The first-order chi connectivity index (χ1) is 9.13. The molecule has 0 aliphatic rings. The van der Waals surface area contributed by atoms with Crippen LogP contribution in [0.2, 0.25) is 0 Å². The van der Waals surface area contributed by atoms with Gasteiger partial charge in [-0.1, -0.05) is 30.3 Å². The van der Waals surface area contributed by atoms with Crippen LogP contribution >= 0.6 is 12.2 Å². The van der Waals surface area contributed by atoms with Crippen LogP contribution < -0.4 is 0 Å². The molecular formula is C13H16N4OS.